The minimum absolute atomic E-state index is 0.0118. The van der Waals surface area contributed by atoms with Crippen LogP contribution in [0.4, 0.5) is 49.7 Å². The van der Waals surface area contributed by atoms with E-state index in [2.05, 4.69) is 5.16 Å². The molecule has 1 heterocycles. The van der Waals surface area contributed by atoms with Gasteiger partial charge < -0.3 is 14.2 Å². The van der Waals surface area contributed by atoms with Crippen LogP contribution in [0.25, 0.3) is 11.1 Å². The molecule has 0 aliphatic rings. The predicted octanol–water partition coefficient (Wildman–Crippen LogP) is 10.2. The number of aryl methyl sites for hydroxylation is 1. The maximum absolute atomic E-state index is 14.3. The van der Waals surface area contributed by atoms with E-state index in [1.54, 1.807) is 13.8 Å². The van der Waals surface area contributed by atoms with E-state index in [-0.39, 0.29) is 45.6 Å². The van der Waals surface area contributed by atoms with Crippen molar-refractivity contribution in [3.05, 3.63) is 99.6 Å². The predicted molar refractivity (Wildman–Crippen MR) is 145 cm³/mol. The number of aromatic nitrogens is 1. The van der Waals surface area contributed by atoms with Crippen molar-refractivity contribution in [1.29, 1.82) is 0 Å². The fraction of sp³-hybridized carbons (Fsp3) is 0.323. The molecule has 0 fully saturated rings. The zero-order chi connectivity index (χ0) is 33.5. The van der Waals surface area contributed by atoms with Gasteiger partial charge >= 0.3 is 18.5 Å². The molecule has 1 aromatic heterocycles. The molecule has 45 heavy (non-hydrogen) atoms. The molecule has 4 rings (SSSR count). The molecule has 0 radical (unpaired) electrons. The van der Waals surface area contributed by atoms with Gasteiger partial charge in [-0.1, -0.05) is 19.0 Å². The third kappa shape index (κ3) is 7.71. The molecule has 14 heteroatoms. The zero-order valence-corrected chi connectivity index (χ0v) is 24.2. The minimum atomic E-state index is -5.12. The summed E-state index contributed by atoms with van der Waals surface area (Å²) in [6.45, 7) is 3.46. The molecular weight excluding hydrogens is 622 g/mol. The molecule has 0 aliphatic carbocycles. The van der Waals surface area contributed by atoms with Gasteiger partial charge in [0.1, 0.15) is 17.3 Å². The Labute approximate surface area is 251 Å². The van der Waals surface area contributed by atoms with Crippen molar-refractivity contribution in [3.8, 4) is 16.9 Å². The maximum atomic E-state index is 14.3. The molecular formula is C31H26F10N2O2. The Hall–Kier alpha value is -4.23. The number of hydrogen-bond donors (Lipinski definition) is 0. The number of rotatable bonds is 8. The van der Waals surface area contributed by atoms with Gasteiger partial charge in [0, 0.05) is 30.8 Å². The highest BCUT2D eigenvalue weighted by Gasteiger charge is 2.38. The van der Waals surface area contributed by atoms with Crippen molar-refractivity contribution in [2.24, 2.45) is 0 Å². The van der Waals surface area contributed by atoms with Crippen LogP contribution in [-0.2, 0) is 31.6 Å². The van der Waals surface area contributed by atoms with Gasteiger partial charge in [-0.3, -0.25) is 0 Å². The Morgan fingerprint density at radius 3 is 1.89 bits per heavy atom. The summed E-state index contributed by atoms with van der Waals surface area (Å²) in [5, 5.41) is 3.83. The second-order valence-electron chi connectivity index (χ2n) is 10.7. The van der Waals surface area contributed by atoms with Crippen molar-refractivity contribution in [3.63, 3.8) is 0 Å². The zero-order valence-electron chi connectivity index (χ0n) is 24.2. The van der Waals surface area contributed by atoms with Gasteiger partial charge in [0.15, 0.2) is 5.82 Å². The fourth-order valence-electron chi connectivity index (χ4n) is 4.91. The highest BCUT2D eigenvalue weighted by molar-refractivity contribution is 5.75. The van der Waals surface area contributed by atoms with Gasteiger partial charge in [-0.15, -0.1) is 0 Å². The second-order valence-corrected chi connectivity index (χ2v) is 10.7. The first-order valence-corrected chi connectivity index (χ1v) is 13.3. The lowest BCUT2D eigenvalue weighted by Crippen LogP contribution is -2.24. The minimum Gasteiger partial charge on any atom is -0.496 e. The molecule has 0 N–H and O–H groups in total. The first-order chi connectivity index (χ1) is 20.8. The van der Waals surface area contributed by atoms with Crippen LogP contribution in [0.15, 0.2) is 59.1 Å². The Kier molecular flexibility index (Phi) is 9.19. The van der Waals surface area contributed by atoms with Crippen molar-refractivity contribution in [2.75, 3.05) is 12.0 Å². The number of halogens is 10. The number of methoxy groups -OCH3 is 1. The Balaban J connectivity index is 1.95. The van der Waals surface area contributed by atoms with Crippen LogP contribution >= 0.6 is 0 Å². The van der Waals surface area contributed by atoms with E-state index in [1.807, 2.05) is 0 Å². The number of benzene rings is 3. The summed E-state index contributed by atoms with van der Waals surface area (Å²) in [5.74, 6) is -1.15. The van der Waals surface area contributed by atoms with E-state index in [0.717, 1.165) is 18.2 Å². The van der Waals surface area contributed by atoms with E-state index in [1.165, 1.54) is 37.1 Å². The van der Waals surface area contributed by atoms with Gasteiger partial charge in [-0.05, 0) is 77.6 Å². The average molecular weight is 649 g/mol. The first-order valence-electron chi connectivity index (χ1n) is 13.3. The largest absolute Gasteiger partial charge is 0.496 e. The van der Waals surface area contributed by atoms with E-state index in [4.69, 9.17) is 9.26 Å². The third-order valence-corrected chi connectivity index (χ3v) is 6.98. The summed E-state index contributed by atoms with van der Waals surface area (Å²) < 4.78 is 149. The van der Waals surface area contributed by atoms with Crippen LogP contribution in [0, 0.1) is 12.7 Å². The van der Waals surface area contributed by atoms with Crippen LogP contribution in [-0.4, -0.2) is 12.3 Å². The van der Waals surface area contributed by atoms with Crippen molar-refractivity contribution >= 4 is 5.82 Å². The molecule has 0 spiro atoms. The highest BCUT2D eigenvalue weighted by atomic mass is 19.4. The number of hydrogen-bond acceptors (Lipinski definition) is 4. The third-order valence-electron chi connectivity index (χ3n) is 6.98. The molecule has 0 unspecified atom stereocenters. The number of alkyl halides is 9. The van der Waals surface area contributed by atoms with Crippen LogP contribution in [0.5, 0.6) is 5.75 Å². The smallest absolute Gasteiger partial charge is 0.416 e. The molecule has 0 bridgehead atoms. The van der Waals surface area contributed by atoms with E-state index in [9.17, 15) is 43.9 Å². The van der Waals surface area contributed by atoms with Gasteiger partial charge in [-0.25, -0.2) is 4.39 Å². The normalized spacial score (nSPS) is 12.6. The molecule has 0 saturated carbocycles. The van der Waals surface area contributed by atoms with E-state index in [0.29, 0.717) is 12.1 Å². The lowest BCUT2D eigenvalue weighted by molar-refractivity contribution is -0.143. The lowest BCUT2D eigenvalue weighted by Gasteiger charge is -2.27. The fourth-order valence-corrected chi connectivity index (χ4v) is 4.91. The van der Waals surface area contributed by atoms with E-state index < -0.39 is 65.6 Å². The molecule has 3 aromatic carbocycles. The van der Waals surface area contributed by atoms with Gasteiger partial charge in [0.05, 0.1) is 23.8 Å². The molecule has 242 valence electrons. The van der Waals surface area contributed by atoms with Crippen LogP contribution in [0.3, 0.4) is 0 Å². The Bertz CT molecular complexity index is 1640. The molecule has 0 amide bonds. The molecule has 0 aliphatic heterocycles. The van der Waals surface area contributed by atoms with Gasteiger partial charge in [0.2, 0.25) is 0 Å². The van der Waals surface area contributed by atoms with Crippen molar-refractivity contribution in [1.82, 2.24) is 5.16 Å². The standard InChI is InChI=1S/C31H26F10N2O2/c1-16(2)24-13-25(23-6-5-22(32)12-27(23)44-4)19(10-26(24)31(39,40)41)15-43(28-7-17(3)45-42-28)14-18-8-20(29(33,34)35)11-21(9-18)30(36,37)38/h5-13,16H,14-15H2,1-4H3. The van der Waals surface area contributed by atoms with Crippen LogP contribution in [0.1, 0.15) is 58.9 Å². The summed E-state index contributed by atoms with van der Waals surface area (Å²) >= 11 is 0. The highest BCUT2D eigenvalue weighted by Crippen LogP contribution is 2.43. The Morgan fingerprint density at radius 2 is 1.40 bits per heavy atom. The molecule has 0 saturated heterocycles. The quantitative estimate of drug-likeness (QED) is 0.178. The molecule has 0 atom stereocenters. The average Bonchev–Trinajstić information content (AvgIpc) is 3.37. The summed E-state index contributed by atoms with van der Waals surface area (Å²) in [6.07, 6.45) is -15.1. The summed E-state index contributed by atoms with van der Waals surface area (Å²) in [6, 6.07) is 7.93. The summed E-state index contributed by atoms with van der Waals surface area (Å²) in [4.78, 5) is 1.19. The topological polar surface area (TPSA) is 38.5 Å². The SMILES string of the molecule is COc1cc(F)ccc1-c1cc(C(C)C)c(C(F)(F)F)cc1CN(Cc1cc(C(F)(F)F)cc(C(F)(F)F)c1)c1cc(C)on1. The summed E-state index contributed by atoms with van der Waals surface area (Å²) in [7, 11) is 1.24. The second kappa shape index (κ2) is 12.3. The van der Waals surface area contributed by atoms with Crippen molar-refractivity contribution in [2.45, 2.75) is 58.3 Å². The maximum Gasteiger partial charge on any atom is 0.416 e. The van der Waals surface area contributed by atoms with Gasteiger partial charge in [0.25, 0.3) is 0 Å². The van der Waals surface area contributed by atoms with Crippen LogP contribution in [0.2, 0.25) is 0 Å². The number of anilines is 1. The van der Waals surface area contributed by atoms with Crippen LogP contribution < -0.4 is 9.64 Å². The lowest BCUT2D eigenvalue weighted by atomic mass is 9.88. The van der Waals surface area contributed by atoms with Gasteiger partial charge in [-0.2, -0.15) is 39.5 Å². The number of ether oxygens (including phenoxy) is 1. The number of nitrogens with zero attached hydrogens (tertiary/aromatic N) is 2. The summed E-state index contributed by atoms with van der Waals surface area (Å²) in [5.41, 5.74) is -4.29. The van der Waals surface area contributed by atoms with E-state index >= 15 is 0 Å². The molecule has 4 aromatic rings. The molecule has 4 nitrogen and oxygen atoms in total. The van der Waals surface area contributed by atoms with Crippen molar-refractivity contribution < 1.29 is 53.2 Å². The first kappa shape index (κ1) is 33.7. The monoisotopic (exact) mass is 648 g/mol. The Morgan fingerprint density at radius 1 is 0.778 bits per heavy atom.